The Morgan fingerprint density at radius 3 is 2.55 bits per heavy atom. The van der Waals surface area contributed by atoms with Crippen LogP contribution in [0, 0.1) is 0 Å². The number of amides is 1. The Kier molecular flexibility index (Phi) is 5.63. The second-order valence-corrected chi connectivity index (χ2v) is 5.47. The van der Waals surface area contributed by atoms with E-state index in [9.17, 15) is 4.79 Å². The van der Waals surface area contributed by atoms with Gasteiger partial charge < -0.3 is 9.64 Å². The zero-order valence-electron chi connectivity index (χ0n) is 12.3. The van der Waals surface area contributed by atoms with Gasteiger partial charge in [0.2, 0.25) is 5.88 Å². The molecule has 116 valence electrons. The third-order valence-electron chi connectivity index (χ3n) is 3.22. The van der Waals surface area contributed by atoms with Gasteiger partial charge in [0.1, 0.15) is 0 Å². The van der Waals surface area contributed by atoms with Gasteiger partial charge in [0, 0.05) is 25.4 Å². The molecule has 0 radical (unpaired) electrons. The molecule has 1 aromatic heterocycles. The number of rotatable bonds is 5. The lowest BCUT2D eigenvalue weighted by molar-refractivity contribution is 0.0752. The molecular formula is C16H16Cl2N2O2. The number of hydrogen-bond donors (Lipinski definition) is 0. The monoisotopic (exact) mass is 338 g/mol. The number of nitrogens with zero attached hydrogens (tertiary/aromatic N) is 2. The van der Waals surface area contributed by atoms with Crippen LogP contribution in [0.1, 0.15) is 22.8 Å². The lowest BCUT2D eigenvalue weighted by Gasteiger charge is -2.21. The number of pyridine rings is 1. The van der Waals surface area contributed by atoms with Crippen LogP contribution in [0.25, 0.3) is 0 Å². The molecule has 1 amide bonds. The zero-order valence-corrected chi connectivity index (χ0v) is 13.9. The van der Waals surface area contributed by atoms with Crippen LogP contribution in [0.2, 0.25) is 10.0 Å². The first kappa shape index (κ1) is 16.6. The summed E-state index contributed by atoms with van der Waals surface area (Å²) in [5.41, 5.74) is 1.44. The topological polar surface area (TPSA) is 42.4 Å². The van der Waals surface area contributed by atoms with Crippen molar-refractivity contribution in [3.63, 3.8) is 0 Å². The Labute approximate surface area is 139 Å². The van der Waals surface area contributed by atoms with E-state index >= 15 is 0 Å². The highest BCUT2D eigenvalue weighted by atomic mass is 35.5. The second-order valence-electron chi connectivity index (χ2n) is 4.66. The van der Waals surface area contributed by atoms with E-state index in [0.29, 0.717) is 34.6 Å². The van der Waals surface area contributed by atoms with E-state index in [0.717, 1.165) is 5.56 Å². The number of carbonyl (C=O) groups excluding carboxylic acids is 1. The Morgan fingerprint density at radius 1 is 1.23 bits per heavy atom. The van der Waals surface area contributed by atoms with Crippen LogP contribution in [0.3, 0.4) is 0 Å². The Morgan fingerprint density at radius 2 is 2.00 bits per heavy atom. The maximum atomic E-state index is 12.5. The molecule has 0 atom stereocenters. The van der Waals surface area contributed by atoms with Gasteiger partial charge in [-0.2, -0.15) is 0 Å². The van der Waals surface area contributed by atoms with Crippen molar-refractivity contribution in [1.29, 1.82) is 0 Å². The highest BCUT2D eigenvalue weighted by Gasteiger charge is 2.15. The summed E-state index contributed by atoms with van der Waals surface area (Å²) in [6.45, 7) is 2.95. The summed E-state index contributed by atoms with van der Waals surface area (Å²) < 4.78 is 4.99. The van der Waals surface area contributed by atoms with Crippen molar-refractivity contribution in [3.8, 4) is 5.88 Å². The van der Waals surface area contributed by atoms with Crippen LogP contribution in [0.5, 0.6) is 5.88 Å². The molecule has 0 N–H and O–H groups in total. The van der Waals surface area contributed by atoms with Gasteiger partial charge in [-0.3, -0.25) is 4.79 Å². The molecule has 6 heteroatoms. The van der Waals surface area contributed by atoms with Crippen molar-refractivity contribution < 1.29 is 9.53 Å². The highest BCUT2D eigenvalue weighted by Crippen LogP contribution is 2.23. The maximum absolute atomic E-state index is 12.5. The number of benzene rings is 1. The fourth-order valence-electron chi connectivity index (χ4n) is 2.00. The van der Waals surface area contributed by atoms with Gasteiger partial charge in [-0.25, -0.2) is 4.98 Å². The van der Waals surface area contributed by atoms with Gasteiger partial charge in [0.25, 0.3) is 5.91 Å². The van der Waals surface area contributed by atoms with E-state index in [2.05, 4.69) is 4.98 Å². The molecule has 0 saturated heterocycles. The normalized spacial score (nSPS) is 10.4. The second kappa shape index (κ2) is 7.47. The summed E-state index contributed by atoms with van der Waals surface area (Å²) in [5.74, 6) is 0.382. The molecule has 0 bridgehead atoms. The molecule has 1 heterocycles. The van der Waals surface area contributed by atoms with E-state index in [1.165, 1.54) is 13.3 Å². The van der Waals surface area contributed by atoms with Gasteiger partial charge >= 0.3 is 0 Å². The minimum atomic E-state index is -0.0938. The van der Waals surface area contributed by atoms with E-state index in [1.54, 1.807) is 29.2 Å². The molecule has 22 heavy (non-hydrogen) atoms. The van der Waals surface area contributed by atoms with E-state index < -0.39 is 0 Å². The van der Waals surface area contributed by atoms with Gasteiger partial charge in [-0.05, 0) is 30.7 Å². The minimum Gasteiger partial charge on any atom is -0.481 e. The minimum absolute atomic E-state index is 0.0938. The molecule has 2 rings (SSSR count). The van der Waals surface area contributed by atoms with Crippen molar-refractivity contribution in [2.45, 2.75) is 13.5 Å². The lowest BCUT2D eigenvalue weighted by Crippen LogP contribution is -2.30. The molecule has 0 fully saturated rings. The number of methoxy groups -OCH3 is 1. The number of halogens is 2. The first-order valence-corrected chi connectivity index (χ1v) is 7.54. The largest absolute Gasteiger partial charge is 0.481 e. The van der Waals surface area contributed by atoms with Crippen molar-refractivity contribution >= 4 is 29.1 Å². The summed E-state index contributed by atoms with van der Waals surface area (Å²) >= 11 is 11.9. The predicted octanol–water partition coefficient (Wildman–Crippen LogP) is 4.06. The fourth-order valence-corrected chi connectivity index (χ4v) is 2.32. The quantitative estimate of drug-likeness (QED) is 0.825. The fraction of sp³-hybridized carbons (Fsp3) is 0.250. The van der Waals surface area contributed by atoms with Crippen LogP contribution in [0.15, 0.2) is 36.5 Å². The molecular weight excluding hydrogens is 323 g/mol. The Bertz CT molecular complexity index is 660. The van der Waals surface area contributed by atoms with E-state index in [-0.39, 0.29) is 5.91 Å². The van der Waals surface area contributed by atoms with Crippen molar-refractivity contribution in [3.05, 3.63) is 57.7 Å². The summed E-state index contributed by atoms with van der Waals surface area (Å²) in [7, 11) is 1.53. The molecule has 0 spiro atoms. The van der Waals surface area contributed by atoms with Crippen molar-refractivity contribution in [2.75, 3.05) is 13.7 Å². The average Bonchev–Trinajstić information content (AvgIpc) is 2.55. The standard InChI is InChI=1S/C16H16Cl2N2O2/c1-3-20(10-11-4-6-13(17)14(18)8-11)16(21)12-5-7-15(22-2)19-9-12/h4-9H,3,10H2,1-2H3. The van der Waals surface area contributed by atoms with Gasteiger partial charge in [0.05, 0.1) is 22.7 Å². The van der Waals surface area contributed by atoms with Crippen molar-refractivity contribution in [1.82, 2.24) is 9.88 Å². The summed E-state index contributed by atoms with van der Waals surface area (Å²) in [6.07, 6.45) is 1.51. The number of ether oxygens (including phenoxy) is 1. The zero-order chi connectivity index (χ0) is 16.1. The number of hydrogen-bond acceptors (Lipinski definition) is 3. The third-order valence-corrected chi connectivity index (χ3v) is 3.96. The van der Waals surface area contributed by atoms with E-state index in [4.69, 9.17) is 27.9 Å². The van der Waals surface area contributed by atoms with Crippen LogP contribution < -0.4 is 4.74 Å². The molecule has 1 aromatic carbocycles. The third kappa shape index (κ3) is 3.90. The molecule has 0 saturated carbocycles. The van der Waals surface area contributed by atoms with Crippen LogP contribution in [0.4, 0.5) is 0 Å². The first-order valence-electron chi connectivity index (χ1n) is 6.78. The predicted molar refractivity (Wildman–Crippen MR) is 87.7 cm³/mol. The smallest absolute Gasteiger partial charge is 0.255 e. The molecule has 0 aliphatic heterocycles. The van der Waals surface area contributed by atoms with Crippen LogP contribution >= 0.6 is 23.2 Å². The first-order chi connectivity index (χ1) is 10.5. The Hall–Kier alpha value is -1.78. The van der Waals surface area contributed by atoms with Gasteiger partial charge in [0.15, 0.2) is 0 Å². The van der Waals surface area contributed by atoms with E-state index in [1.807, 2.05) is 13.0 Å². The number of aromatic nitrogens is 1. The number of carbonyl (C=O) groups is 1. The molecule has 0 aliphatic carbocycles. The lowest BCUT2D eigenvalue weighted by atomic mass is 10.2. The molecule has 2 aromatic rings. The summed E-state index contributed by atoms with van der Waals surface area (Å²) in [5, 5.41) is 0.980. The van der Waals surface area contributed by atoms with Crippen molar-refractivity contribution in [2.24, 2.45) is 0 Å². The van der Waals surface area contributed by atoms with Gasteiger partial charge in [-0.15, -0.1) is 0 Å². The summed E-state index contributed by atoms with van der Waals surface area (Å²) in [4.78, 5) is 18.3. The Balaban J connectivity index is 2.15. The van der Waals surface area contributed by atoms with Gasteiger partial charge in [-0.1, -0.05) is 29.3 Å². The highest BCUT2D eigenvalue weighted by molar-refractivity contribution is 6.42. The SMILES string of the molecule is CCN(Cc1ccc(Cl)c(Cl)c1)C(=O)c1ccc(OC)nc1. The maximum Gasteiger partial charge on any atom is 0.255 e. The molecule has 0 unspecified atom stereocenters. The molecule has 4 nitrogen and oxygen atoms in total. The average molecular weight is 339 g/mol. The summed E-state index contributed by atoms with van der Waals surface area (Å²) in [6, 6.07) is 8.72. The van der Waals surface area contributed by atoms with Crippen LogP contribution in [-0.4, -0.2) is 29.4 Å². The van der Waals surface area contributed by atoms with Crippen LogP contribution in [-0.2, 0) is 6.54 Å². The molecule has 0 aliphatic rings.